The fourth-order valence-electron chi connectivity index (χ4n) is 2.89. The number of alkyl halides is 1. The molecule has 1 atom stereocenters. The molecule has 4 nitrogen and oxygen atoms in total. The monoisotopic (exact) mass is 303 g/mol. The summed E-state index contributed by atoms with van der Waals surface area (Å²) in [5.74, 6) is -0.116. The van der Waals surface area contributed by atoms with Crippen molar-refractivity contribution in [2.45, 2.75) is 31.8 Å². The minimum atomic E-state index is -0.120. The maximum atomic E-state index is 11.5. The summed E-state index contributed by atoms with van der Waals surface area (Å²) in [6.07, 6.45) is 4.90. The quantitative estimate of drug-likeness (QED) is 0.883. The number of carbonyl (C=O) groups is 1. The molecule has 1 aromatic heterocycles. The van der Waals surface area contributed by atoms with E-state index in [4.69, 9.17) is 11.6 Å². The van der Waals surface area contributed by atoms with Gasteiger partial charge in [0.2, 0.25) is 5.91 Å². The van der Waals surface area contributed by atoms with Crippen molar-refractivity contribution in [2.24, 2.45) is 0 Å². The fraction of sp³-hybridized carbons (Fsp3) is 0.375. The fourth-order valence-corrected chi connectivity index (χ4v) is 2.97. The van der Waals surface area contributed by atoms with Crippen molar-refractivity contribution in [3.05, 3.63) is 53.3 Å². The zero-order valence-corrected chi connectivity index (χ0v) is 12.5. The van der Waals surface area contributed by atoms with E-state index in [9.17, 15) is 4.79 Å². The number of benzene rings is 1. The Kier molecular flexibility index (Phi) is 4.25. The van der Waals surface area contributed by atoms with Gasteiger partial charge in [-0.05, 0) is 24.8 Å². The van der Waals surface area contributed by atoms with Crippen LogP contribution in [0.5, 0.6) is 0 Å². The molecular formula is C16H18ClN3O. The van der Waals surface area contributed by atoms with Gasteiger partial charge in [-0.1, -0.05) is 30.3 Å². The van der Waals surface area contributed by atoms with Crippen molar-refractivity contribution in [1.82, 2.24) is 15.1 Å². The van der Waals surface area contributed by atoms with Crippen LogP contribution in [0.2, 0.25) is 0 Å². The van der Waals surface area contributed by atoms with Crippen LogP contribution in [0.3, 0.4) is 0 Å². The van der Waals surface area contributed by atoms with Crippen LogP contribution < -0.4 is 5.32 Å². The van der Waals surface area contributed by atoms with Crippen LogP contribution in [0.15, 0.2) is 36.5 Å². The molecule has 1 heterocycles. The van der Waals surface area contributed by atoms with Crippen LogP contribution in [0.25, 0.3) is 0 Å². The minimum absolute atomic E-state index is 0.00395. The van der Waals surface area contributed by atoms with E-state index in [1.54, 1.807) is 0 Å². The van der Waals surface area contributed by atoms with Gasteiger partial charge in [-0.3, -0.25) is 9.48 Å². The molecule has 21 heavy (non-hydrogen) atoms. The molecule has 1 aromatic carbocycles. The molecule has 0 saturated carbocycles. The number of nitrogens with one attached hydrogen (secondary N) is 1. The van der Waals surface area contributed by atoms with Crippen LogP contribution >= 0.6 is 11.6 Å². The first-order valence-electron chi connectivity index (χ1n) is 7.22. The predicted octanol–water partition coefficient (Wildman–Crippen LogP) is 2.66. The minimum Gasteiger partial charge on any atom is -0.348 e. The lowest BCUT2D eigenvalue weighted by atomic mass is 9.93. The second-order valence-corrected chi connectivity index (χ2v) is 5.60. The van der Waals surface area contributed by atoms with E-state index in [2.05, 4.69) is 22.5 Å². The second-order valence-electron chi connectivity index (χ2n) is 5.34. The third-order valence-electron chi connectivity index (χ3n) is 3.89. The Bertz CT molecular complexity index is 624. The molecule has 110 valence electrons. The van der Waals surface area contributed by atoms with Crippen LogP contribution in [-0.2, 0) is 17.8 Å². The van der Waals surface area contributed by atoms with Gasteiger partial charge < -0.3 is 5.32 Å². The lowest BCUT2D eigenvalue weighted by molar-refractivity contribution is -0.119. The summed E-state index contributed by atoms with van der Waals surface area (Å²) in [5.41, 5.74) is 3.59. The van der Waals surface area contributed by atoms with Gasteiger partial charge in [-0.15, -0.1) is 11.6 Å². The number of fused-ring (bicyclic) bond motifs is 1. The molecule has 0 saturated heterocycles. The molecule has 0 radical (unpaired) electrons. The molecule has 0 bridgehead atoms. The predicted molar refractivity (Wildman–Crippen MR) is 82.3 cm³/mol. The molecule has 3 rings (SSSR count). The number of amides is 1. The lowest BCUT2D eigenvalue weighted by Gasteiger charge is -2.24. The smallest absolute Gasteiger partial charge is 0.235 e. The number of halogens is 1. The zero-order chi connectivity index (χ0) is 14.7. The van der Waals surface area contributed by atoms with Gasteiger partial charge in [0.25, 0.3) is 0 Å². The third kappa shape index (κ3) is 3.10. The molecule has 0 spiro atoms. The summed E-state index contributed by atoms with van der Waals surface area (Å²) >= 11 is 5.58. The first-order valence-corrected chi connectivity index (χ1v) is 7.75. The van der Waals surface area contributed by atoms with E-state index < -0.39 is 0 Å². The normalized spacial score (nSPS) is 17.3. The Morgan fingerprint density at radius 1 is 1.38 bits per heavy atom. The molecule has 0 fully saturated rings. The van der Waals surface area contributed by atoms with Crippen LogP contribution in [0.4, 0.5) is 0 Å². The van der Waals surface area contributed by atoms with Crippen molar-refractivity contribution < 1.29 is 4.79 Å². The van der Waals surface area contributed by atoms with E-state index in [1.807, 2.05) is 29.1 Å². The first kappa shape index (κ1) is 14.1. The maximum absolute atomic E-state index is 11.5. The average Bonchev–Trinajstić information content (AvgIpc) is 2.92. The average molecular weight is 304 g/mol. The summed E-state index contributed by atoms with van der Waals surface area (Å²) in [6.45, 7) is 0.770. The van der Waals surface area contributed by atoms with Gasteiger partial charge in [-0.2, -0.15) is 5.10 Å². The summed E-state index contributed by atoms with van der Waals surface area (Å²) < 4.78 is 2.05. The van der Waals surface area contributed by atoms with Gasteiger partial charge in [0.05, 0.1) is 18.8 Å². The Morgan fingerprint density at radius 2 is 2.19 bits per heavy atom. The Labute approximate surface area is 129 Å². The molecule has 1 N–H and O–H groups in total. The summed E-state index contributed by atoms with van der Waals surface area (Å²) in [4.78, 5) is 11.5. The molecule has 1 aliphatic rings. The summed E-state index contributed by atoms with van der Waals surface area (Å²) in [6, 6.07) is 10.3. The van der Waals surface area contributed by atoms with Gasteiger partial charge >= 0.3 is 0 Å². The molecule has 1 aliphatic carbocycles. The highest BCUT2D eigenvalue weighted by atomic mass is 35.5. The Balaban J connectivity index is 1.81. The van der Waals surface area contributed by atoms with Crippen LogP contribution in [-0.4, -0.2) is 21.6 Å². The Hall–Kier alpha value is -1.81. The van der Waals surface area contributed by atoms with Crippen molar-refractivity contribution in [1.29, 1.82) is 0 Å². The zero-order valence-electron chi connectivity index (χ0n) is 11.8. The maximum Gasteiger partial charge on any atom is 0.235 e. The second kappa shape index (κ2) is 6.31. The van der Waals surface area contributed by atoms with Gasteiger partial charge in [0.1, 0.15) is 5.88 Å². The first-order chi connectivity index (χ1) is 10.3. The van der Waals surface area contributed by atoms with E-state index in [-0.39, 0.29) is 17.8 Å². The third-order valence-corrected chi connectivity index (χ3v) is 4.14. The van der Waals surface area contributed by atoms with E-state index >= 15 is 0 Å². The van der Waals surface area contributed by atoms with Crippen molar-refractivity contribution in [3.63, 3.8) is 0 Å². The summed E-state index contributed by atoms with van der Waals surface area (Å²) in [5, 5.41) is 7.49. The molecular weight excluding hydrogens is 286 g/mol. The van der Waals surface area contributed by atoms with Gasteiger partial charge in [0.15, 0.2) is 0 Å². The van der Waals surface area contributed by atoms with E-state index in [0.717, 1.165) is 31.4 Å². The lowest BCUT2D eigenvalue weighted by Crippen LogP contribution is -2.31. The number of hydrogen-bond donors (Lipinski definition) is 1. The Morgan fingerprint density at radius 3 is 2.95 bits per heavy atom. The highest BCUT2D eigenvalue weighted by Gasteiger charge is 2.25. The topological polar surface area (TPSA) is 46.9 Å². The molecule has 5 heteroatoms. The number of hydrogen-bond acceptors (Lipinski definition) is 2. The van der Waals surface area contributed by atoms with Gasteiger partial charge in [0, 0.05) is 11.3 Å². The molecule has 0 aliphatic heterocycles. The number of nitrogens with zero attached hydrogens (tertiary/aromatic N) is 2. The van der Waals surface area contributed by atoms with E-state index in [1.165, 1.54) is 11.3 Å². The standard InChI is InChI=1S/C16H18ClN3O/c17-9-16(21)19-14-7-4-8-15-13(14)10-18-20(15)11-12-5-2-1-3-6-12/h1-3,5-6,10,14H,4,7-9,11H2,(H,19,21). The highest BCUT2D eigenvalue weighted by molar-refractivity contribution is 6.27. The molecule has 2 aromatic rings. The van der Waals surface area contributed by atoms with Crippen molar-refractivity contribution >= 4 is 17.5 Å². The van der Waals surface area contributed by atoms with Crippen molar-refractivity contribution in [3.8, 4) is 0 Å². The SMILES string of the molecule is O=C(CCl)NC1CCCc2c1cnn2Cc1ccccc1. The summed E-state index contributed by atoms with van der Waals surface area (Å²) in [7, 11) is 0. The number of rotatable bonds is 4. The number of carbonyl (C=O) groups excluding carboxylic acids is 1. The largest absolute Gasteiger partial charge is 0.348 e. The van der Waals surface area contributed by atoms with E-state index in [0.29, 0.717) is 0 Å². The van der Waals surface area contributed by atoms with Crippen molar-refractivity contribution in [2.75, 3.05) is 5.88 Å². The molecule has 1 amide bonds. The van der Waals surface area contributed by atoms with Crippen LogP contribution in [0, 0.1) is 0 Å². The molecule has 1 unspecified atom stereocenters. The van der Waals surface area contributed by atoms with Crippen LogP contribution in [0.1, 0.15) is 35.7 Å². The van der Waals surface area contributed by atoms with Gasteiger partial charge in [-0.25, -0.2) is 0 Å². The highest BCUT2D eigenvalue weighted by Crippen LogP contribution is 2.29. The number of aromatic nitrogens is 2.